The molecular weight excluding hydrogens is 489 g/mol. The Morgan fingerprint density at radius 3 is 2.65 bits per heavy atom. The van der Waals surface area contributed by atoms with E-state index in [4.69, 9.17) is 9.47 Å². The van der Waals surface area contributed by atoms with Gasteiger partial charge in [0.25, 0.3) is 0 Å². The number of nitrogens with one attached hydrogen (secondary N) is 3. The normalized spacial score (nSPS) is 15.6. The van der Waals surface area contributed by atoms with E-state index >= 15 is 0 Å². The zero-order valence-electron chi connectivity index (χ0n) is 20.0. The summed E-state index contributed by atoms with van der Waals surface area (Å²) in [6.07, 6.45) is -3.00. The van der Waals surface area contributed by atoms with Crippen LogP contribution in [0.3, 0.4) is 0 Å². The van der Waals surface area contributed by atoms with Crippen LogP contribution in [0.2, 0.25) is 0 Å². The number of aryl methyl sites for hydroxylation is 1. The second-order valence-electron chi connectivity index (χ2n) is 8.61. The molecule has 2 aliphatic heterocycles. The van der Waals surface area contributed by atoms with Gasteiger partial charge in [-0.2, -0.15) is 18.2 Å². The first-order chi connectivity index (χ1) is 17.8. The summed E-state index contributed by atoms with van der Waals surface area (Å²) < 4.78 is 52.2. The molecule has 1 saturated heterocycles. The molecule has 9 nitrogen and oxygen atoms in total. The fraction of sp³-hybridized carbons (Fsp3) is 0.320. The smallest absolute Gasteiger partial charge is 0.421 e. The molecule has 12 heteroatoms. The zero-order valence-corrected chi connectivity index (χ0v) is 20.0. The molecule has 0 aliphatic carbocycles. The van der Waals surface area contributed by atoms with Crippen LogP contribution < -0.4 is 25.6 Å². The Hall–Kier alpha value is -4.06. The molecule has 0 saturated carbocycles. The number of alkyl halides is 3. The van der Waals surface area contributed by atoms with Gasteiger partial charge in [-0.3, -0.25) is 4.79 Å². The molecule has 0 bridgehead atoms. The molecule has 3 heterocycles. The molecule has 1 aromatic heterocycles. The number of nitrogens with zero attached hydrogens (tertiary/aromatic N) is 3. The number of benzene rings is 2. The van der Waals surface area contributed by atoms with Crippen molar-refractivity contribution in [3.8, 4) is 5.75 Å². The van der Waals surface area contributed by atoms with Gasteiger partial charge in [0.2, 0.25) is 11.9 Å². The molecule has 37 heavy (non-hydrogen) atoms. The summed E-state index contributed by atoms with van der Waals surface area (Å²) in [5.74, 6) is -0.0998. The van der Waals surface area contributed by atoms with Crippen LogP contribution in [0.5, 0.6) is 5.75 Å². The summed E-state index contributed by atoms with van der Waals surface area (Å²) in [4.78, 5) is 21.7. The highest BCUT2D eigenvalue weighted by molar-refractivity contribution is 5.94. The van der Waals surface area contributed by atoms with E-state index < -0.39 is 17.6 Å². The number of rotatable bonds is 6. The van der Waals surface area contributed by atoms with Crippen molar-refractivity contribution in [3.05, 3.63) is 53.7 Å². The fourth-order valence-electron chi connectivity index (χ4n) is 4.26. The van der Waals surface area contributed by atoms with Gasteiger partial charge in [-0.1, -0.05) is 0 Å². The summed E-state index contributed by atoms with van der Waals surface area (Å²) in [7, 11) is 1.46. The van der Waals surface area contributed by atoms with E-state index in [2.05, 4.69) is 30.8 Å². The van der Waals surface area contributed by atoms with E-state index in [1.54, 1.807) is 24.3 Å². The monoisotopic (exact) mass is 514 g/mol. The minimum absolute atomic E-state index is 0.0146. The van der Waals surface area contributed by atoms with Gasteiger partial charge >= 0.3 is 6.18 Å². The Bertz CT molecular complexity index is 1310. The predicted octanol–water partition coefficient (Wildman–Crippen LogP) is 4.71. The van der Waals surface area contributed by atoms with E-state index in [-0.39, 0.29) is 11.9 Å². The lowest BCUT2D eigenvalue weighted by atomic mass is 10.0. The molecule has 194 valence electrons. The van der Waals surface area contributed by atoms with Crippen molar-refractivity contribution < 1.29 is 27.4 Å². The number of halogens is 3. The number of fused-ring (bicyclic) bond motifs is 1. The van der Waals surface area contributed by atoms with E-state index in [0.717, 1.165) is 17.4 Å². The van der Waals surface area contributed by atoms with Crippen LogP contribution in [0.4, 0.5) is 47.7 Å². The van der Waals surface area contributed by atoms with E-state index in [1.165, 1.54) is 7.11 Å². The van der Waals surface area contributed by atoms with Crippen LogP contribution in [0.1, 0.15) is 17.5 Å². The number of ether oxygens (including phenoxy) is 2. The first-order valence-electron chi connectivity index (χ1n) is 11.7. The van der Waals surface area contributed by atoms with Crippen molar-refractivity contribution >= 4 is 40.4 Å². The third-order valence-corrected chi connectivity index (χ3v) is 6.17. The zero-order chi connectivity index (χ0) is 26.0. The number of methoxy groups -OCH3 is 1. The minimum Gasteiger partial charge on any atom is -0.494 e. The van der Waals surface area contributed by atoms with Gasteiger partial charge in [0, 0.05) is 48.8 Å². The average Bonchev–Trinajstić information content (AvgIpc) is 2.89. The maximum atomic E-state index is 13.8. The molecular formula is C25H25F3N6O3. The number of aromatic nitrogens is 2. The van der Waals surface area contributed by atoms with Gasteiger partial charge in [-0.15, -0.1) is 0 Å². The van der Waals surface area contributed by atoms with Gasteiger partial charge in [-0.25, -0.2) is 4.98 Å². The second kappa shape index (κ2) is 10.1. The van der Waals surface area contributed by atoms with Gasteiger partial charge in [0.05, 0.1) is 26.0 Å². The maximum absolute atomic E-state index is 13.8. The van der Waals surface area contributed by atoms with Gasteiger partial charge < -0.3 is 30.3 Å². The Morgan fingerprint density at radius 2 is 1.89 bits per heavy atom. The van der Waals surface area contributed by atoms with Crippen molar-refractivity contribution in [2.45, 2.75) is 19.0 Å². The molecule has 3 N–H and O–H groups in total. The average molecular weight is 515 g/mol. The predicted molar refractivity (Wildman–Crippen MR) is 133 cm³/mol. The molecule has 0 atom stereocenters. The molecule has 0 unspecified atom stereocenters. The Morgan fingerprint density at radius 1 is 1.08 bits per heavy atom. The number of amides is 1. The van der Waals surface area contributed by atoms with Crippen molar-refractivity contribution in [1.29, 1.82) is 0 Å². The first kappa shape index (κ1) is 24.6. The summed E-state index contributed by atoms with van der Waals surface area (Å²) in [5.41, 5.74) is 2.43. The van der Waals surface area contributed by atoms with Crippen LogP contribution in [-0.4, -0.2) is 49.3 Å². The van der Waals surface area contributed by atoms with Crippen molar-refractivity contribution in [2.24, 2.45) is 0 Å². The SMILES string of the molecule is COc1cc(N2CCOCC2)ccc1Nc1nc(Nc2ccc3c(c2)CCC(=O)N3)ncc1C(F)(F)F. The molecule has 3 aromatic rings. The molecule has 2 aliphatic rings. The van der Waals surface area contributed by atoms with E-state index in [1.807, 2.05) is 12.1 Å². The Labute approximate surface area is 211 Å². The molecule has 2 aromatic carbocycles. The van der Waals surface area contributed by atoms with E-state index in [9.17, 15) is 18.0 Å². The largest absolute Gasteiger partial charge is 0.494 e. The van der Waals surface area contributed by atoms with Crippen molar-refractivity contribution in [3.63, 3.8) is 0 Å². The first-order valence-corrected chi connectivity index (χ1v) is 11.7. The number of carbonyl (C=O) groups is 1. The van der Waals surface area contributed by atoms with Gasteiger partial charge in [0.15, 0.2) is 0 Å². The quantitative estimate of drug-likeness (QED) is 0.435. The number of anilines is 6. The van der Waals surface area contributed by atoms with Gasteiger partial charge in [-0.05, 0) is 42.3 Å². The third-order valence-electron chi connectivity index (χ3n) is 6.17. The van der Waals surface area contributed by atoms with Crippen molar-refractivity contribution in [2.75, 3.05) is 54.3 Å². The Balaban J connectivity index is 1.42. The van der Waals surface area contributed by atoms with Crippen molar-refractivity contribution in [1.82, 2.24) is 9.97 Å². The topological polar surface area (TPSA) is 101 Å². The van der Waals surface area contributed by atoms with Crippen LogP contribution in [0.25, 0.3) is 0 Å². The van der Waals surface area contributed by atoms with Crippen LogP contribution in [0, 0.1) is 0 Å². The minimum atomic E-state index is -4.67. The standard InChI is InChI=1S/C25H25F3N6O3/c1-36-21-13-17(34-8-10-37-11-9-34)4-6-20(21)32-23-18(25(26,27)28)14-29-24(33-23)30-16-3-5-19-15(12-16)2-7-22(35)31-19/h3-6,12-14H,2,7-11H2,1H3,(H,31,35)(H2,29,30,32,33). The lowest BCUT2D eigenvalue weighted by Crippen LogP contribution is -2.36. The number of carbonyl (C=O) groups excluding carboxylic acids is 1. The fourth-order valence-corrected chi connectivity index (χ4v) is 4.26. The number of hydrogen-bond acceptors (Lipinski definition) is 8. The summed E-state index contributed by atoms with van der Waals surface area (Å²) >= 11 is 0. The van der Waals surface area contributed by atoms with E-state index in [0.29, 0.717) is 62.0 Å². The molecule has 1 fully saturated rings. The highest BCUT2D eigenvalue weighted by atomic mass is 19.4. The van der Waals surface area contributed by atoms with Crippen LogP contribution in [0.15, 0.2) is 42.6 Å². The summed E-state index contributed by atoms with van der Waals surface area (Å²) in [6, 6.07) is 10.5. The molecule has 1 amide bonds. The van der Waals surface area contributed by atoms with Crippen LogP contribution >= 0.6 is 0 Å². The lowest BCUT2D eigenvalue weighted by molar-refractivity contribution is -0.137. The molecule has 5 rings (SSSR count). The third kappa shape index (κ3) is 5.53. The maximum Gasteiger partial charge on any atom is 0.421 e. The van der Waals surface area contributed by atoms with Crippen LogP contribution in [-0.2, 0) is 22.1 Å². The highest BCUT2D eigenvalue weighted by Gasteiger charge is 2.35. The molecule has 0 spiro atoms. The number of morpholine rings is 1. The molecule has 0 radical (unpaired) electrons. The second-order valence-corrected chi connectivity index (χ2v) is 8.61. The summed E-state index contributed by atoms with van der Waals surface area (Å²) in [5, 5.41) is 8.53. The Kier molecular flexibility index (Phi) is 6.74. The lowest BCUT2D eigenvalue weighted by Gasteiger charge is -2.29. The number of hydrogen-bond donors (Lipinski definition) is 3. The summed E-state index contributed by atoms with van der Waals surface area (Å²) in [6.45, 7) is 2.63. The highest BCUT2D eigenvalue weighted by Crippen LogP contribution is 2.38. The van der Waals surface area contributed by atoms with Gasteiger partial charge in [0.1, 0.15) is 17.1 Å².